The van der Waals surface area contributed by atoms with Crippen LogP contribution in [0.15, 0.2) is 0 Å². The van der Waals surface area contributed by atoms with Gasteiger partial charge >= 0.3 is 0 Å². The minimum Gasteiger partial charge on any atom is -0.368 e. The van der Waals surface area contributed by atoms with Gasteiger partial charge in [0.15, 0.2) is 0 Å². The van der Waals surface area contributed by atoms with E-state index >= 15 is 0 Å². The first kappa shape index (κ1) is 13.3. The Hall–Kier alpha value is -1.12. The fraction of sp³-hybridized carbons (Fsp3) is 0.846. The van der Waals surface area contributed by atoms with E-state index in [1.165, 1.54) is 0 Å². The molecule has 0 aliphatic carbocycles. The third kappa shape index (κ3) is 2.36. The summed E-state index contributed by atoms with van der Waals surface area (Å²) in [7, 11) is 3.79. The number of piperidine rings is 1. The molecule has 5 nitrogen and oxygen atoms in total. The summed E-state index contributed by atoms with van der Waals surface area (Å²) >= 11 is 0. The third-order valence-corrected chi connectivity index (χ3v) is 4.20. The molecule has 0 aromatic rings. The van der Waals surface area contributed by atoms with Gasteiger partial charge in [0.2, 0.25) is 0 Å². The molecule has 2 aliphatic rings. The van der Waals surface area contributed by atoms with Crippen LogP contribution < -0.4 is 0 Å². The molecule has 0 spiro atoms. The predicted molar refractivity (Wildman–Crippen MR) is 66.8 cm³/mol. The van der Waals surface area contributed by atoms with Crippen LogP contribution >= 0.6 is 0 Å². The van der Waals surface area contributed by atoms with Crippen molar-refractivity contribution in [1.82, 2.24) is 9.80 Å². The maximum Gasteiger partial charge on any atom is 0.252 e. The molecule has 0 N–H and O–H groups in total. The number of nitriles is 1. The Labute approximate surface area is 108 Å². The molecule has 5 heteroatoms. The Bertz CT molecular complexity index is 350. The normalized spacial score (nSPS) is 27.7. The van der Waals surface area contributed by atoms with Gasteiger partial charge in [-0.3, -0.25) is 4.79 Å². The topological polar surface area (TPSA) is 56.6 Å². The number of nitrogens with zero attached hydrogens (tertiary/aromatic N) is 3. The van der Waals surface area contributed by atoms with Crippen molar-refractivity contribution in [2.75, 3.05) is 33.8 Å². The number of likely N-dealkylation sites (tertiary alicyclic amines) is 1. The monoisotopic (exact) mass is 251 g/mol. The second kappa shape index (κ2) is 5.25. The minimum absolute atomic E-state index is 0.0291. The summed E-state index contributed by atoms with van der Waals surface area (Å²) in [6.45, 7) is 2.37. The van der Waals surface area contributed by atoms with Crippen molar-refractivity contribution >= 4 is 5.91 Å². The number of rotatable bonds is 2. The van der Waals surface area contributed by atoms with Crippen LogP contribution in [0.4, 0.5) is 0 Å². The summed E-state index contributed by atoms with van der Waals surface area (Å²) in [5.41, 5.74) is -0.643. The fourth-order valence-electron chi connectivity index (χ4n) is 2.71. The van der Waals surface area contributed by atoms with Crippen LogP contribution in [0.1, 0.15) is 25.7 Å². The number of ether oxygens (including phenoxy) is 1. The fourth-order valence-corrected chi connectivity index (χ4v) is 2.71. The molecule has 0 aromatic heterocycles. The van der Waals surface area contributed by atoms with Crippen LogP contribution in [0.3, 0.4) is 0 Å². The molecular formula is C13H21N3O2. The first-order valence-corrected chi connectivity index (χ1v) is 6.58. The molecule has 1 atom stereocenters. The SMILES string of the molecule is CN1CCC(C#N)(N(C)C(=O)C2CCCO2)CC1. The van der Waals surface area contributed by atoms with E-state index in [4.69, 9.17) is 4.74 Å². The van der Waals surface area contributed by atoms with Crippen molar-refractivity contribution in [3.05, 3.63) is 0 Å². The number of amides is 1. The van der Waals surface area contributed by atoms with Crippen LogP contribution in [0.25, 0.3) is 0 Å². The minimum atomic E-state index is -0.643. The largest absolute Gasteiger partial charge is 0.368 e. The Balaban J connectivity index is 2.07. The zero-order valence-corrected chi connectivity index (χ0v) is 11.2. The molecule has 1 unspecified atom stereocenters. The summed E-state index contributed by atoms with van der Waals surface area (Å²) in [6.07, 6.45) is 2.82. The average molecular weight is 251 g/mol. The standard InChI is InChI=1S/C13H21N3O2/c1-15-7-5-13(10-14,6-8-15)16(2)12(17)11-4-3-9-18-11/h11H,3-9H2,1-2H3. The van der Waals surface area contributed by atoms with Gasteiger partial charge in [-0.05, 0) is 32.7 Å². The lowest BCUT2D eigenvalue weighted by atomic mass is 9.87. The first-order chi connectivity index (χ1) is 8.59. The lowest BCUT2D eigenvalue weighted by molar-refractivity contribution is -0.145. The number of hydrogen-bond donors (Lipinski definition) is 0. The highest BCUT2D eigenvalue weighted by molar-refractivity contribution is 5.82. The molecule has 2 saturated heterocycles. The highest BCUT2D eigenvalue weighted by atomic mass is 16.5. The van der Waals surface area contributed by atoms with Gasteiger partial charge < -0.3 is 14.5 Å². The van der Waals surface area contributed by atoms with Gasteiger partial charge in [-0.25, -0.2) is 0 Å². The van der Waals surface area contributed by atoms with Crippen molar-refractivity contribution in [3.8, 4) is 6.07 Å². The average Bonchev–Trinajstić information content (AvgIpc) is 2.92. The summed E-state index contributed by atoms with van der Waals surface area (Å²) in [4.78, 5) is 16.2. The Kier molecular flexibility index (Phi) is 3.88. The molecule has 0 saturated carbocycles. The van der Waals surface area contributed by atoms with E-state index in [0.29, 0.717) is 6.61 Å². The molecule has 2 aliphatic heterocycles. The van der Waals surface area contributed by atoms with E-state index < -0.39 is 5.54 Å². The van der Waals surface area contributed by atoms with E-state index in [1.807, 2.05) is 7.05 Å². The van der Waals surface area contributed by atoms with E-state index in [-0.39, 0.29) is 12.0 Å². The van der Waals surface area contributed by atoms with E-state index in [2.05, 4.69) is 11.0 Å². The zero-order chi connectivity index (χ0) is 13.2. The molecule has 0 radical (unpaired) electrons. The van der Waals surface area contributed by atoms with Gasteiger partial charge in [0, 0.05) is 26.7 Å². The Morgan fingerprint density at radius 3 is 2.67 bits per heavy atom. The van der Waals surface area contributed by atoms with Crippen LogP contribution in [0.2, 0.25) is 0 Å². The second-order valence-corrected chi connectivity index (χ2v) is 5.35. The van der Waals surface area contributed by atoms with Gasteiger partial charge in [-0.15, -0.1) is 0 Å². The van der Waals surface area contributed by atoms with Crippen molar-refractivity contribution in [3.63, 3.8) is 0 Å². The van der Waals surface area contributed by atoms with Crippen LogP contribution in [0.5, 0.6) is 0 Å². The molecule has 2 heterocycles. The van der Waals surface area contributed by atoms with Crippen molar-refractivity contribution in [1.29, 1.82) is 5.26 Å². The lowest BCUT2D eigenvalue weighted by Gasteiger charge is -2.42. The Morgan fingerprint density at radius 1 is 1.50 bits per heavy atom. The second-order valence-electron chi connectivity index (χ2n) is 5.35. The van der Waals surface area contributed by atoms with Gasteiger partial charge in [0.25, 0.3) is 5.91 Å². The lowest BCUT2D eigenvalue weighted by Crippen LogP contribution is -2.56. The number of carbonyl (C=O) groups excluding carboxylic acids is 1. The maximum absolute atomic E-state index is 12.3. The maximum atomic E-state index is 12.3. The van der Waals surface area contributed by atoms with Crippen LogP contribution in [0, 0.1) is 11.3 Å². The summed E-state index contributed by atoms with van der Waals surface area (Å²) in [5, 5.41) is 9.49. The number of carbonyl (C=O) groups is 1. The van der Waals surface area contributed by atoms with Crippen molar-refractivity contribution in [2.24, 2.45) is 0 Å². The summed E-state index contributed by atoms with van der Waals surface area (Å²) < 4.78 is 5.43. The first-order valence-electron chi connectivity index (χ1n) is 6.58. The summed E-state index contributed by atoms with van der Waals surface area (Å²) in [6, 6.07) is 2.36. The third-order valence-electron chi connectivity index (χ3n) is 4.20. The van der Waals surface area contributed by atoms with Gasteiger partial charge in [0.1, 0.15) is 11.6 Å². The predicted octanol–water partition coefficient (Wildman–Crippen LogP) is 0.612. The zero-order valence-electron chi connectivity index (χ0n) is 11.2. The molecule has 1 amide bonds. The molecule has 2 fully saturated rings. The van der Waals surface area contributed by atoms with Gasteiger partial charge in [-0.1, -0.05) is 0 Å². The highest BCUT2D eigenvalue weighted by Crippen LogP contribution is 2.29. The molecule has 0 bridgehead atoms. The number of hydrogen-bond acceptors (Lipinski definition) is 4. The van der Waals surface area contributed by atoms with Crippen LogP contribution in [-0.2, 0) is 9.53 Å². The van der Waals surface area contributed by atoms with Gasteiger partial charge in [0.05, 0.1) is 6.07 Å². The van der Waals surface area contributed by atoms with Crippen molar-refractivity contribution < 1.29 is 9.53 Å². The molecule has 2 rings (SSSR count). The van der Waals surface area contributed by atoms with E-state index in [9.17, 15) is 10.1 Å². The highest BCUT2D eigenvalue weighted by Gasteiger charge is 2.42. The summed E-state index contributed by atoms with van der Waals surface area (Å²) in [5.74, 6) is -0.0291. The quantitative estimate of drug-likeness (QED) is 0.721. The Morgan fingerprint density at radius 2 is 2.17 bits per heavy atom. The smallest absolute Gasteiger partial charge is 0.252 e. The molecule has 0 aromatic carbocycles. The van der Waals surface area contributed by atoms with Gasteiger partial charge in [-0.2, -0.15) is 5.26 Å². The van der Waals surface area contributed by atoms with E-state index in [1.54, 1.807) is 11.9 Å². The van der Waals surface area contributed by atoms with Crippen LogP contribution in [-0.4, -0.2) is 61.1 Å². The molecule has 100 valence electrons. The number of likely N-dealkylation sites (N-methyl/N-ethyl adjacent to an activating group) is 1. The molecular weight excluding hydrogens is 230 g/mol. The molecule has 18 heavy (non-hydrogen) atoms. The van der Waals surface area contributed by atoms with Crippen molar-refractivity contribution in [2.45, 2.75) is 37.3 Å². The van der Waals surface area contributed by atoms with E-state index in [0.717, 1.165) is 38.8 Å².